The summed E-state index contributed by atoms with van der Waals surface area (Å²) < 4.78 is 7.28. The van der Waals surface area contributed by atoms with Crippen LogP contribution in [0.1, 0.15) is 24.3 Å². The van der Waals surface area contributed by atoms with E-state index in [4.69, 9.17) is 4.74 Å². The summed E-state index contributed by atoms with van der Waals surface area (Å²) in [7, 11) is 3.55. The summed E-state index contributed by atoms with van der Waals surface area (Å²) in [6, 6.07) is 7.77. The van der Waals surface area contributed by atoms with Gasteiger partial charge in [-0.05, 0) is 26.0 Å². The van der Waals surface area contributed by atoms with E-state index in [0.29, 0.717) is 18.8 Å². The summed E-state index contributed by atoms with van der Waals surface area (Å²) >= 11 is 0. The predicted molar refractivity (Wildman–Crippen MR) is 76.7 cm³/mol. The average molecular weight is 260 g/mol. The van der Waals surface area contributed by atoms with Gasteiger partial charge in [-0.25, -0.2) is 0 Å². The van der Waals surface area contributed by atoms with E-state index in [1.165, 1.54) is 0 Å². The lowest BCUT2D eigenvalue weighted by molar-refractivity contribution is 0.0764. The van der Waals surface area contributed by atoms with Crippen molar-refractivity contribution in [3.05, 3.63) is 30.0 Å². The summed E-state index contributed by atoms with van der Waals surface area (Å²) in [6.07, 6.45) is 0. The summed E-state index contributed by atoms with van der Waals surface area (Å²) in [5, 5.41) is 1.03. The molecule has 0 saturated carbocycles. The van der Waals surface area contributed by atoms with E-state index in [1.807, 2.05) is 54.6 Å². The zero-order chi connectivity index (χ0) is 14.0. The quantitative estimate of drug-likeness (QED) is 0.847. The Hall–Kier alpha value is -1.97. The van der Waals surface area contributed by atoms with Gasteiger partial charge in [0.25, 0.3) is 5.91 Å². The summed E-state index contributed by atoms with van der Waals surface area (Å²) in [6.45, 7) is 5.41. The molecule has 4 nitrogen and oxygen atoms in total. The maximum Gasteiger partial charge on any atom is 0.270 e. The van der Waals surface area contributed by atoms with Gasteiger partial charge in [-0.2, -0.15) is 0 Å². The number of methoxy groups -OCH3 is 1. The summed E-state index contributed by atoms with van der Waals surface area (Å²) in [4.78, 5) is 14.3. The first-order chi connectivity index (χ1) is 9.13. The maximum absolute atomic E-state index is 12.5. The molecular formula is C15H20N2O2. The number of amides is 1. The minimum absolute atomic E-state index is 0.0609. The number of hydrogen-bond donors (Lipinski definition) is 0. The Bertz CT molecular complexity index is 597. The first-order valence-corrected chi connectivity index (χ1v) is 6.55. The average Bonchev–Trinajstić information content (AvgIpc) is 2.77. The Kier molecular flexibility index (Phi) is 3.79. The molecule has 0 saturated heterocycles. The number of aromatic nitrogens is 1. The van der Waals surface area contributed by atoms with E-state index >= 15 is 0 Å². The van der Waals surface area contributed by atoms with Crippen LogP contribution >= 0.6 is 0 Å². The molecule has 2 rings (SSSR count). The lowest BCUT2D eigenvalue weighted by atomic mass is 10.2. The smallest absolute Gasteiger partial charge is 0.270 e. The molecule has 0 N–H and O–H groups in total. The van der Waals surface area contributed by atoms with E-state index in [0.717, 1.165) is 16.7 Å². The van der Waals surface area contributed by atoms with Crippen molar-refractivity contribution >= 4 is 16.8 Å². The highest BCUT2D eigenvalue weighted by molar-refractivity contribution is 6.00. The highest BCUT2D eigenvalue weighted by Gasteiger charge is 2.19. The zero-order valence-corrected chi connectivity index (χ0v) is 11.9. The van der Waals surface area contributed by atoms with Crippen LogP contribution in [0.3, 0.4) is 0 Å². The molecular weight excluding hydrogens is 240 g/mol. The number of carbonyl (C=O) groups is 1. The first-order valence-electron chi connectivity index (χ1n) is 6.55. The number of para-hydroxylation sites is 1. The molecule has 4 heteroatoms. The van der Waals surface area contributed by atoms with Crippen LogP contribution < -0.4 is 4.74 Å². The van der Waals surface area contributed by atoms with Gasteiger partial charge >= 0.3 is 0 Å². The Morgan fingerprint density at radius 1 is 1.32 bits per heavy atom. The second-order valence-electron chi connectivity index (χ2n) is 4.46. The molecule has 0 bridgehead atoms. The van der Waals surface area contributed by atoms with E-state index in [1.54, 1.807) is 7.11 Å². The van der Waals surface area contributed by atoms with E-state index < -0.39 is 0 Å². The minimum atomic E-state index is 0.0609. The number of carbonyl (C=O) groups excluding carboxylic acids is 1. The third-order valence-corrected chi connectivity index (χ3v) is 3.51. The Labute approximate surface area is 113 Å². The van der Waals surface area contributed by atoms with Crippen molar-refractivity contribution in [2.24, 2.45) is 7.05 Å². The number of benzene rings is 1. The molecule has 0 aliphatic carbocycles. The standard InChI is InChI=1S/C15H20N2O2/c1-5-17(6-2)15(18)12-10-11-8-7-9-13(19-4)14(11)16(12)3/h7-10H,5-6H2,1-4H3. The molecule has 1 aromatic heterocycles. The second-order valence-corrected chi connectivity index (χ2v) is 4.46. The second kappa shape index (κ2) is 5.34. The van der Waals surface area contributed by atoms with Crippen LogP contribution in [0.4, 0.5) is 0 Å². The van der Waals surface area contributed by atoms with Crippen molar-refractivity contribution in [2.45, 2.75) is 13.8 Å². The van der Waals surface area contributed by atoms with Gasteiger partial charge in [-0.1, -0.05) is 12.1 Å². The third-order valence-electron chi connectivity index (χ3n) is 3.51. The molecule has 0 fully saturated rings. The van der Waals surface area contributed by atoms with Crippen LogP contribution in [0.25, 0.3) is 10.9 Å². The van der Waals surface area contributed by atoms with E-state index in [9.17, 15) is 4.79 Å². The number of rotatable bonds is 4. The van der Waals surface area contributed by atoms with Crippen molar-refractivity contribution in [3.8, 4) is 5.75 Å². The van der Waals surface area contributed by atoms with Crippen molar-refractivity contribution in [1.82, 2.24) is 9.47 Å². The van der Waals surface area contributed by atoms with Crippen molar-refractivity contribution < 1.29 is 9.53 Å². The fraction of sp³-hybridized carbons (Fsp3) is 0.400. The van der Waals surface area contributed by atoms with Crippen molar-refractivity contribution in [3.63, 3.8) is 0 Å². The molecule has 0 radical (unpaired) electrons. The van der Waals surface area contributed by atoms with Crippen LogP contribution in [0.15, 0.2) is 24.3 Å². The first kappa shape index (κ1) is 13.5. The Balaban J connectivity index is 2.57. The highest BCUT2D eigenvalue weighted by Crippen LogP contribution is 2.28. The molecule has 2 aromatic rings. The maximum atomic E-state index is 12.5. The van der Waals surface area contributed by atoms with Gasteiger partial charge in [0.2, 0.25) is 0 Å². The molecule has 0 atom stereocenters. The zero-order valence-electron chi connectivity index (χ0n) is 11.9. The number of hydrogen-bond acceptors (Lipinski definition) is 2. The van der Waals surface area contributed by atoms with Crippen molar-refractivity contribution in [2.75, 3.05) is 20.2 Å². The number of aryl methyl sites for hydroxylation is 1. The van der Waals surface area contributed by atoms with Gasteiger partial charge in [0.1, 0.15) is 11.4 Å². The molecule has 1 amide bonds. The molecule has 0 spiro atoms. The number of fused-ring (bicyclic) bond motifs is 1. The number of nitrogens with zero attached hydrogens (tertiary/aromatic N) is 2. The monoisotopic (exact) mass is 260 g/mol. The van der Waals surface area contributed by atoms with Crippen LogP contribution in [-0.4, -0.2) is 35.6 Å². The van der Waals surface area contributed by atoms with Gasteiger partial charge < -0.3 is 14.2 Å². The van der Waals surface area contributed by atoms with Gasteiger partial charge in [-0.15, -0.1) is 0 Å². The fourth-order valence-electron chi connectivity index (χ4n) is 2.42. The van der Waals surface area contributed by atoms with Gasteiger partial charge in [0.05, 0.1) is 12.6 Å². The van der Waals surface area contributed by atoms with E-state index in [2.05, 4.69) is 0 Å². The molecule has 0 aliphatic heterocycles. The normalized spacial score (nSPS) is 10.7. The molecule has 1 aromatic carbocycles. The van der Waals surface area contributed by atoms with Gasteiger partial charge in [-0.3, -0.25) is 4.79 Å². The van der Waals surface area contributed by atoms with Crippen LogP contribution in [0.2, 0.25) is 0 Å². The largest absolute Gasteiger partial charge is 0.495 e. The molecule has 19 heavy (non-hydrogen) atoms. The molecule has 0 unspecified atom stereocenters. The van der Waals surface area contributed by atoms with Crippen LogP contribution in [0.5, 0.6) is 5.75 Å². The topological polar surface area (TPSA) is 34.5 Å². The lowest BCUT2D eigenvalue weighted by Gasteiger charge is -2.18. The fourth-order valence-corrected chi connectivity index (χ4v) is 2.42. The summed E-state index contributed by atoms with van der Waals surface area (Å²) in [5.74, 6) is 0.851. The van der Waals surface area contributed by atoms with Gasteiger partial charge in [0, 0.05) is 25.5 Å². The SMILES string of the molecule is CCN(CC)C(=O)c1cc2cccc(OC)c2n1C. The third kappa shape index (κ3) is 2.18. The predicted octanol–water partition coefficient (Wildman–Crippen LogP) is 2.67. The number of ether oxygens (including phenoxy) is 1. The minimum Gasteiger partial charge on any atom is -0.495 e. The van der Waals surface area contributed by atoms with Crippen LogP contribution in [0, 0.1) is 0 Å². The molecule has 0 aliphatic rings. The van der Waals surface area contributed by atoms with Gasteiger partial charge in [0.15, 0.2) is 0 Å². The lowest BCUT2D eigenvalue weighted by Crippen LogP contribution is -2.31. The molecule has 1 heterocycles. The molecule has 102 valence electrons. The Morgan fingerprint density at radius 3 is 2.58 bits per heavy atom. The van der Waals surface area contributed by atoms with Crippen LogP contribution in [-0.2, 0) is 7.05 Å². The van der Waals surface area contributed by atoms with E-state index in [-0.39, 0.29) is 5.91 Å². The summed E-state index contributed by atoms with van der Waals surface area (Å²) in [5.41, 5.74) is 1.66. The van der Waals surface area contributed by atoms with Crippen molar-refractivity contribution in [1.29, 1.82) is 0 Å². The highest BCUT2D eigenvalue weighted by atomic mass is 16.5. The Morgan fingerprint density at radius 2 is 2.00 bits per heavy atom.